The van der Waals surface area contributed by atoms with Crippen molar-refractivity contribution in [1.82, 2.24) is 9.97 Å². The molecule has 0 aliphatic rings. The Morgan fingerprint density at radius 2 is 1.64 bits per heavy atom. The van der Waals surface area contributed by atoms with Crippen molar-refractivity contribution in [3.63, 3.8) is 0 Å². The highest BCUT2D eigenvalue weighted by Gasteiger charge is 2.12. The molecule has 3 rings (SSSR count). The number of carbonyl (C=O) groups excluding carboxylic acids is 1. The molecule has 2 aromatic carbocycles. The van der Waals surface area contributed by atoms with Crippen LogP contribution < -0.4 is 10.6 Å². The molecule has 28 heavy (non-hydrogen) atoms. The summed E-state index contributed by atoms with van der Waals surface area (Å²) in [4.78, 5) is 21.2. The van der Waals surface area contributed by atoms with Crippen molar-refractivity contribution < 1.29 is 4.79 Å². The third-order valence-electron chi connectivity index (χ3n) is 4.19. The van der Waals surface area contributed by atoms with Gasteiger partial charge in [-0.15, -0.1) is 0 Å². The lowest BCUT2D eigenvalue weighted by atomic mass is 10.0. The van der Waals surface area contributed by atoms with Crippen LogP contribution in [0, 0.1) is 18.3 Å². The van der Waals surface area contributed by atoms with Gasteiger partial charge in [0.1, 0.15) is 5.69 Å². The number of rotatable bonds is 5. The first-order valence-corrected chi connectivity index (χ1v) is 8.99. The number of hydrogen-bond donors (Lipinski definition) is 2. The lowest BCUT2D eigenvalue weighted by Gasteiger charge is -2.10. The summed E-state index contributed by atoms with van der Waals surface area (Å²) >= 11 is 0. The van der Waals surface area contributed by atoms with E-state index in [0.717, 1.165) is 5.69 Å². The normalized spacial score (nSPS) is 10.4. The quantitative estimate of drug-likeness (QED) is 0.674. The molecule has 0 aliphatic carbocycles. The minimum atomic E-state index is -0.300. The standard InChI is InChI=1S/C22H21N5O/c1-14(2)17-6-10-18(11-7-17)25-21(28)20-12-15(3)24-22(27-20)26-19-8-4-16(13-23)5-9-19/h4-12,14H,1-3H3,(H,25,28)(H,24,26,27). The smallest absolute Gasteiger partial charge is 0.274 e. The fourth-order valence-corrected chi connectivity index (χ4v) is 2.64. The fraction of sp³-hybridized carbons (Fsp3) is 0.182. The molecule has 0 atom stereocenters. The van der Waals surface area contributed by atoms with Crippen molar-refractivity contribution in [2.24, 2.45) is 0 Å². The summed E-state index contributed by atoms with van der Waals surface area (Å²) in [5.41, 5.74) is 4.18. The molecule has 1 aromatic heterocycles. The van der Waals surface area contributed by atoms with E-state index in [4.69, 9.17) is 5.26 Å². The van der Waals surface area contributed by atoms with Gasteiger partial charge in [-0.05, 0) is 60.9 Å². The summed E-state index contributed by atoms with van der Waals surface area (Å²) in [6.45, 7) is 6.05. The van der Waals surface area contributed by atoms with Gasteiger partial charge in [-0.1, -0.05) is 26.0 Å². The van der Waals surface area contributed by atoms with Crippen LogP contribution in [-0.2, 0) is 0 Å². The highest BCUT2D eigenvalue weighted by atomic mass is 16.1. The summed E-state index contributed by atoms with van der Waals surface area (Å²) in [5, 5.41) is 14.8. The highest BCUT2D eigenvalue weighted by molar-refractivity contribution is 6.03. The van der Waals surface area contributed by atoms with Crippen LogP contribution >= 0.6 is 0 Å². The predicted octanol–water partition coefficient (Wildman–Crippen LogP) is 4.78. The number of amides is 1. The Balaban J connectivity index is 1.76. The molecule has 0 bridgehead atoms. The first-order valence-electron chi connectivity index (χ1n) is 8.99. The first kappa shape index (κ1) is 19.1. The Morgan fingerprint density at radius 3 is 2.25 bits per heavy atom. The Kier molecular flexibility index (Phi) is 5.66. The number of nitrogens with zero attached hydrogens (tertiary/aromatic N) is 3. The molecule has 1 amide bonds. The van der Waals surface area contributed by atoms with Gasteiger partial charge in [0, 0.05) is 17.1 Å². The topological polar surface area (TPSA) is 90.7 Å². The average Bonchev–Trinajstić information content (AvgIpc) is 2.68. The number of benzene rings is 2. The number of aromatic nitrogens is 2. The van der Waals surface area contributed by atoms with E-state index in [1.807, 2.05) is 24.3 Å². The van der Waals surface area contributed by atoms with Crippen LogP contribution in [0.2, 0.25) is 0 Å². The van der Waals surface area contributed by atoms with E-state index in [0.29, 0.717) is 28.8 Å². The molecule has 2 N–H and O–H groups in total. The van der Waals surface area contributed by atoms with Gasteiger partial charge in [0.25, 0.3) is 5.91 Å². The molecule has 1 heterocycles. The van der Waals surface area contributed by atoms with E-state index >= 15 is 0 Å². The van der Waals surface area contributed by atoms with E-state index in [1.54, 1.807) is 37.3 Å². The Bertz CT molecular complexity index is 1020. The minimum absolute atomic E-state index is 0.275. The van der Waals surface area contributed by atoms with Crippen molar-refractivity contribution in [3.05, 3.63) is 77.1 Å². The van der Waals surface area contributed by atoms with Crippen molar-refractivity contribution in [3.8, 4) is 6.07 Å². The van der Waals surface area contributed by atoms with Crippen LogP contribution in [0.25, 0.3) is 0 Å². The molecule has 140 valence electrons. The average molecular weight is 371 g/mol. The maximum atomic E-state index is 12.6. The Hall–Kier alpha value is -3.72. The first-order chi connectivity index (χ1) is 13.4. The fourth-order valence-electron chi connectivity index (χ4n) is 2.64. The molecular formula is C22H21N5O. The largest absolute Gasteiger partial charge is 0.324 e. The summed E-state index contributed by atoms with van der Waals surface area (Å²) < 4.78 is 0. The van der Waals surface area contributed by atoms with E-state index in [1.165, 1.54) is 5.56 Å². The monoisotopic (exact) mass is 371 g/mol. The Labute approximate surface area is 164 Å². The second kappa shape index (κ2) is 8.31. The molecular weight excluding hydrogens is 350 g/mol. The highest BCUT2D eigenvalue weighted by Crippen LogP contribution is 2.18. The van der Waals surface area contributed by atoms with Crippen LogP contribution in [0.4, 0.5) is 17.3 Å². The SMILES string of the molecule is Cc1cc(C(=O)Nc2ccc(C(C)C)cc2)nc(Nc2ccc(C#N)cc2)n1. The van der Waals surface area contributed by atoms with Gasteiger partial charge in [-0.2, -0.15) is 5.26 Å². The van der Waals surface area contributed by atoms with Crippen LogP contribution in [0.5, 0.6) is 0 Å². The summed E-state index contributed by atoms with van der Waals surface area (Å²) in [6.07, 6.45) is 0. The summed E-state index contributed by atoms with van der Waals surface area (Å²) in [6, 6.07) is 18.4. The van der Waals surface area contributed by atoms with Crippen molar-refractivity contribution in [2.45, 2.75) is 26.7 Å². The zero-order valence-corrected chi connectivity index (χ0v) is 16.0. The van der Waals surface area contributed by atoms with E-state index < -0.39 is 0 Å². The van der Waals surface area contributed by atoms with E-state index in [9.17, 15) is 4.79 Å². The maximum Gasteiger partial charge on any atom is 0.274 e. The second-order valence-electron chi connectivity index (χ2n) is 6.76. The predicted molar refractivity (Wildman–Crippen MR) is 110 cm³/mol. The van der Waals surface area contributed by atoms with Crippen LogP contribution in [0.15, 0.2) is 54.6 Å². The number of nitriles is 1. The van der Waals surface area contributed by atoms with Crippen molar-refractivity contribution in [1.29, 1.82) is 5.26 Å². The van der Waals surface area contributed by atoms with E-state index in [-0.39, 0.29) is 11.6 Å². The minimum Gasteiger partial charge on any atom is -0.324 e. The van der Waals surface area contributed by atoms with Crippen molar-refractivity contribution in [2.75, 3.05) is 10.6 Å². The molecule has 6 heteroatoms. The molecule has 0 unspecified atom stereocenters. The second-order valence-corrected chi connectivity index (χ2v) is 6.76. The number of hydrogen-bond acceptors (Lipinski definition) is 5. The molecule has 0 saturated carbocycles. The van der Waals surface area contributed by atoms with Gasteiger partial charge < -0.3 is 10.6 Å². The number of carbonyl (C=O) groups is 1. The zero-order valence-electron chi connectivity index (χ0n) is 16.0. The third kappa shape index (κ3) is 4.71. The molecule has 0 radical (unpaired) electrons. The van der Waals surface area contributed by atoms with E-state index in [2.05, 4.69) is 40.5 Å². The third-order valence-corrected chi connectivity index (χ3v) is 4.19. The van der Waals surface area contributed by atoms with Gasteiger partial charge in [0.2, 0.25) is 5.95 Å². The summed E-state index contributed by atoms with van der Waals surface area (Å²) in [5.74, 6) is 0.459. The van der Waals surface area contributed by atoms with Gasteiger partial charge in [0.15, 0.2) is 0 Å². The number of nitrogens with one attached hydrogen (secondary N) is 2. The van der Waals surface area contributed by atoms with Gasteiger partial charge in [-0.3, -0.25) is 4.79 Å². The lowest BCUT2D eigenvalue weighted by Crippen LogP contribution is -2.15. The van der Waals surface area contributed by atoms with Gasteiger partial charge in [0.05, 0.1) is 11.6 Å². The summed E-state index contributed by atoms with van der Waals surface area (Å²) in [7, 11) is 0. The van der Waals surface area contributed by atoms with Gasteiger partial charge in [-0.25, -0.2) is 9.97 Å². The molecule has 0 saturated heterocycles. The zero-order chi connectivity index (χ0) is 20.1. The Morgan fingerprint density at radius 1 is 1.00 bits per heavy atom. The number of anilines is 3. The van der Waals surface area contributed by atoms with Crippen LogP contribution in [0.1, 0.15) is 47.1 Å². The molecule has 0 aliphatic heterocycles. The maximum absolute atomic E-state index is 12.6. The number of aryl methyl sites for hydroxylation is 1. The lowest BCUT2D eigenvalue weighted by molar-refractivity contribution is 0.102. The molecule has 0 fully saturated rings. The van der Waals surface area contributed by atoms with Gasteiger partial charge >= 0.3 is 0 Å². The molecule has 0 spiro atoms. The van der Waals surface area contributed by atoms with Crippen molar-refractivity contribution >= 4 is 23.2 Å². The molecule has 3 aromatic rings. The van der Waals surface area contributed by atoms with Crippen LogP contribution in [-0.4, -0.2) is 15.9 Å². The van der Waals surface area contributed by atoms with Crippen LogP contribution in [0.3, 0.4) is 0 Å². The molecule has 6 nitrogen and oxygen atoms in total.